The highest BCUT2D eigenvalue weighted by molar-refractivity contribution is 5.72. The summed E-state index contributed by atoms with van der Waals surface area (Å²) >= 11 is 0. The van der Waals surface area contributed by atoms with Crippen LogP contribution in [0.1, 0.15) is 129 Å². The number of carbonyl (C=O) groups is 3. The van der Waals surface area contributed by atoms with E-state index >= 15 is 0 Å². The number of carbonyl (C=O) groups excluding carboxylic acids is 3. The summed E-state index contributed by atoms with van der Waals surface area (Å²) in [5.41, 5.74) is 1.43. The van der Waals surface area contributed by atoms with Crippen LogP contribution in [0.25, 0.3) is 0 Å². The average Bonchev–Trinajstić information content (AvgIpc) is 3.59. The Balaban J connectivity index is 0.875. The Labute approximate surface area is 271 Å². The van der Waals surface area contributed by atoms with E-state index in [0.29, 0.717) is 30.3 Å². The number of rotatable bonds is 23. The number of likely N-dealkylation sites (tertiary alicyclic amines) is 1. The molecule has 7 atom stereocenters. The lowest BCUT2D eigenvalue weighted by molar-refractivity contribution is -0.170. The van der Waals surface area contributed by atoms with Gasteiger partial charge in [0.2, 0.25) is 0 Å². The third-order valence-corrected chi connectivity index (χ3v) is 13.0. The molecular weight excluding hydrogens is 570 g/mol. The summed E-state index contributed by atoms with van der Waals surface area (Å²) in [5.74, 6) is 1.69. The molecule has 0 N–H and O–H groups in total. The molecule has 1 saturated heterocycles. The topological polar surface area (TPSA) is 91.4 Å². The second-order valence-electron chi connectivity index (χ2n) is 15.7. The number of hydrogen-bond donors (Lipinski definition) is 0. The summed E-state index contributed by atoms with van der Waals surface area (Å²) in [5, 5.41) is 0. The van der Waals surface area contributed by atoms with Gasteiger partial charge in [-0.25, -0.2) is 4.79 Å². The highest BCUT2D eigenvalue weighted by Gasteiger charge is 3.03. The Bertz CT molecular complexity index is 1020. The number of esters is 2. The lowest BCUT2D eigenvalue weighted by atomic mass is 9.40. The van der Waals surface area contributed by atoms with Crippen LogP contribution in [0.5, 0.6) is 0 Å². The molecule has 1 spiro atoms. The van der Waals surface area contributed by atoms with Crippen molar-refractivity contribution in [3.8, 4) is 0 Å². The molecule has 45 heavy (non-hydrogen) atoms. The molecule has 0 radical (unpaired) electrons. The van der Waals surface area contributed by atoms with Gasteiger partial charge in [0.1, 0.15) is 19.8 Å². The van der Waals surface area contributed by atoms with Gasteiger partial charge in [-0.1, -0.05) is 64.7 Å². The number of hydrogen-bond acceptors (Lipinski definition) is 8. The zero-order valence-corrected chi connectivity index (χ0v) is 28.0. The molecule has 0 aromatic heterocycles. The molecule has 1 aliphatic heterocycles. The first-order valence-corrected chi connectivity index (χ1v) is 18.8. The van der Waals surface area contributed by atoms with Gasteiger partial charge in [0.05, 0.1) is 18.9 Å². The predicted molar refractivity (Wildman–Crippen MR) is 170 cm³/mol. The van der Waals surface area contributed by atoms with Gasteiger partial charge in [-0.3, -0.25) is 9.59 Å². The van der Waals surface area contributed by atoms with Gasteiger partial charge in [-0.15, -0.1) is 0 Å². The predicted octanol–water partition coefficient (Wildman–Crippen LogP) is 7.47. The van der Waals surface area contributed by atoms with Crippen LogP contribution in [0.2, 0.25) is 0 Å². The smallest absolute Gasteiger partial charge is 0.465 e. The van der Waals surface area contributed by atoms with E-state index in [2.05, 4.69) is 11.8 Å². The van der Waals surface area contributed by atoms with E-state index in [-0.39, 0.29) is 37.2 Å². The second kappa shape index (κ2) is 14.5. The molecule has 5 saturated carbocycles. The first-order chi connectivity index (χ1) is 21.9. The van der Waals surface area contributed by atoms with Crippen LogP contribution in [0.3, 0.4) is 0 Å². The Morgan fingerprint density at radius 3 is 1.93 bits per heavy atom. The zero-order valence-electron chi connectivity index (χ0n) is 28.0. The van der Waals surface area contributed by atoms with Crippen molar-refractivity contribution in [1.82, 2.24) is 4.90 Å². The maximum Gasteiger partial charge on any atom is 0.508 e. The van der Waals surface area contributed by atoms with Crippen LogP contribution < -0.4 is 0 Å². The summed E-state index contributed by atoms with van der Waals surface area (Å²) in [6.45, 7) is 5.86. The van der Waals surface area contributed by atoms with Crippen molar-refractivity contribution in [1.29, 1.82) is 0 Å². The summed E-state index contributed by atoms with van der Waals surface area (Å²) in [4.78, 5) is 40.3. The summed E-state index contributed by atoms with van der Waals surface area (Å²) < 4.78 is 22.1. The molecule has 0 aromatic rings. The lowest BCUT2D eigenvalue weighted by Crippen LogP contribution is -2.57. The first kappa shape index (κ1) is 33.1. The van der Waals surface area contributed by atoms with Crippen LogP contribution in [-0.4, -0.2) is 69.1 Å². The molecule has 8 heteroatoms. The highest BCUT2D eigenvalue weighted by Crippen LogP contribution is 3.08. The largest absolute Gasteiger partial charge is 0.508 e. The Morgan fingerprint density at radius 1 is 0.711 bits per heavy atom. The maximum absolute atomic E-state index is 13.1. The number of nitrogens with zero attached hydrogens (tertiary/aromatic N) is 1. The molecule has 0 amide bonds. The summed E-state index contributed by atoms with van der Waals surface area (Å²) in [6, 6.07) is 0. The SMILES string of the molecule is CCCCCCCCCCCCC(=O)OCC(COC(=O)CC12CC3CC45C[C@H](C1)C34C25)COC(=O)OCCCN1CCCC1. The highest BCUT2D eigenvalue weighted by atomic mass is 16.7. The fraction of sp³-hybridized carbons (Fsp3) is 0.919. The maximum atomic E-state index is 13.1. The molecule has 6 aliphatic rings. The second-order valence-corrected chi connectivity index (χ2v) is 15.7. The van der Waals surface area contributed by atoms with Crippen LogP contribution in [-0.2, 0) is 28.5 Å². The van der Waals surface area contributed by atoms with Crippen LogP contribution in [0.4, 0.5) is 4.79 Å². The van der Waals surface area contributed by atoms with Gasteiger partial charge < -0.3 is 23.8 Å². The van der Waals surface area contributed by atoms with Crippen molar-refractivity contribution in [3.63, 3.8) is 0 Å². The standard InChI is InChI=1S/C37H59NO7/c1-2-3-4-5-6-7-8-9-10-11-15-31(39)43-25-28(27-45-34(41)42-19-14-18-38-16-12-13-17-38)26-44-32(40)24-35-20-29-22-36-23-30(21-35)37(29,36)33(35)36/h28-30,33H,2-27H2,1H3/t28?,29-,30?,33?,35?,36?,37?/m0/s1. The fourth-order valence-corrected chi connectivity index (χ4v) is 11.4. The molecule has 8 nitrogen and oxygen atoms in total. The van der Waals surface area contributed by atoms with Crippen molar-refractivity contribution in [3.05, 3.63) is 0 Å². The molecule has 6 fully saturated rings. The molecule has 254 valence electrons. The lowest BCUT2D eigenvalue weighted by Gasteiger charge is -2.64. The minimum atomic E-state index is -0.719. The van der Waals surface area contributed by atoms with Crippen molar-refractivity contribution in [2.75, 3.05) is 46.1 Å². The molecule has 2 bridgehead atoms. The van der Waals surface area contributed by atoms with Crippen molar-refractivity contribution in [2.24, 2.45) is 39.9 Å². The van der Waals surface area contributed by atoms with Crippen molar-refractivity contribution < 1.29 is 33.3 Å². The molecule has 1 heterocycles. The van der Waals surface area contributed by atoms with E-state index in [9.17, 15) is 14.4 Å². The van der Waals surface area contributed by atoms with Crippen LogP contribution in [0.15, 0.2) is 0 Å². The van der Waals surface area contributed by atoms with E-state index in [0.717, 1.165) is 63.1 Å². The van der Waals surface area contributed by atoms with Crippen molar-refractivity contribution >= 4 is 18.1 Å². The van der Waals surface area contributed by atoms with Gasteiger partial charge in [-0.05, 0) is 98.5 Å². The van der Waals surface area contributed by atoms with E-state index in [1.807, 2.05) is 0 Å². The zero-order chi connectivity index (χ0) is 31.3. The molecule has 6 rings (SSSR count). The fourth-order valence-electron chi connectivity index (χ4n) is 11.4. The summed E-state index contributed by atoms with van der Waals surface area (Å²) in [7, 11) is 0. The minimum absolute atomic E-state index is 0.00604. The molecular formula is C37H59NO7. The quantitative estimate of drug-likeness (QED) is 0.0653. The van der Waals surface area contributed by atoms with Gasteiger partial charge >= 0.3 is 18.1 Å². The van der Waals surface area contributed by atoms with Crippen LogP contribution in [0, 0.1) is 39.9 Å². The minimum Gasteiger partial charge on any atom is -0.465 e. The normalized spacial score (nSPS) is 33.6. The van der Waals surface area contributed by atoms with E-state index in [4.69, 9.17) is 18.9 Å². The molecule has 0 aromatic carbocycles. The molecule has 6 unspecified atom stereocenters. The third kappa shape index (κ3) is 6.65. The van der Waals surface area contributed by atoms with Gasteiger partial charge in [-0.2, -0.15) is 0 Å². The molecule has 5 aliphatic carbocycles. The Morgan fingerprint density at radius 2 is 1.31 bits per heavy atom. The van der Waals surface area contributed by atoms with E-state index < -0.39 is 12.1 Å². The van der Waals surface area contributed by atoms with E-state index in [1.54, 1.807) is 0 Å². The van der Waals surface area contributed by atoms with E-state index in [1.165, 1.54) is 83.5 Å². The van der Waals surface area contributed by atoms with Crippen molar-refractivity contribution in [2.45, 2.75) is 129 Å². The van der Waals surface area contributed by atoms with Gasteiger partial charge in [0, 0.05) is 13.0 Å². The Kier molecular flexibility index (Phi) is 10.7. The van der Waals surface area contributed by atoms with Crippen LogP contribution >= 0.6 is 0 Å². The Hall–Kier alpha value is -1.83. The number of ether oxygens (including phenoxy) is 4. The third-order valence-electron chi connectivity index (χ3n) is 13.0. The monoisotopic (exact) mass is 629 g/mol. The number of unbranched alkanes of at least 4 members (excludes halogenated alkanes) is 9. The van der Waals surface area contributed by atoms with Gasteiger partial charge in [0.15, 0.2) is 0 Å². The van der Waals surface area contributed by atoms with Gasteiger partial charge in [0.25, 0.3) is 0 Å². The average molecular weight is 630 g/mol. The summed E-state index contributed by atoms with van der Waals surface area (Å²) in [6.07, 6.45) is 20.8. The first-order valence-electron chi connectivity index (χ1n) is 18.8.